The third-order valence-corrected chi connectivity index (χ3v) is 4.13. The topological polar surface area (TPSA) is 15.3 Å². The average molecular weight is 260 g/mol. The van der Waals surface area contributed by atoms with Crippen molar-refractivity contribution >= 4 is 11.8 Å². The summed E-state index contributed by atoms with van der Waals surface area (Å²) in [6.07, 6.45) is 6.05. The first kappa shape index (κ1) is 17.3. The van der Waals surface area contributed by atoms with E-state index in [9.17, 15) is 0 Å². The van der Waals surface area contributed by atoms with Crippen LogP contribution >= 0.6 is 11.8 Å². The molecule has 0 spiro atoms. The van der Waals surface area contributed by atoms with Crippen molar-refractivity contribution in [3.8, 4) is 0 Å². The predicted octanol–water partition coefficient (Wildman–Crippen LogP) is 3.23. The third-order valence-electron chi connectivity index (χ3n) is 3.48. The predicted molar refractivity (Wildman–Crippen MR) is 82.1 cm³/mol. The maximum absolute atomic E-state index is 3.48. The third kappa shape index (κ3) is 8.92. The van der Waals surface area contributed by atoms with E-state index in [1.54, 1.807) is 0 Å². The van der Waals surface area contributed by atoms with Gasteiger partial charge in [-0.1, -0.05) is 13.8 Å². The first-order valence-electron chi connectivity index (χ1n) is 6.93. The van der Waals surface area contributed by atoms with E-state index in [0.29, 0.717) is 18.1 Å². The summed E-state index contributed by atoms with van der Waals surface area (Å²) in [4.78, 5) is 2.53. The Labute approximate surface area is 113 Å². The standard InChI is InChI=1S/C14H32N2S/c1-12(2)15-10-7-8-13(3)16(5)14(4)9-11-17-6/h12-15H,7-11H2,1-6H3. The largest absolute Gasteiger partial charge is 0.315 e. The fourth-order valence-corrected chi connectivity index (χ4v) is 2.50. The maximum atomic E-state index is 3.48. The fourth-order valence-electron chi connectivity index (χ4n) is 1.92. The van der Waals surface area contributed by atoms with Crippen LogP contribution in [0.25, 0.3) is 0 Å². The van der Waals surface area contributed by atoms with Crippen LogP contribution in [0, 0.1) is 0 Å². The SMILES string of the molecule is CSCCC(C)N(C)C(C)CCCNC(C)C. The van der Waals surface area contributed by atoms with E-state index in [1.807, 2.05) is 11.8 Å². The smallest absolute Gasteiger partial charge is 0.00745 e. The van der Waals surface area contributed by atoms with Crippen molar-refractivity contribution in [1.29, 1.82) is 0 Å². The normalized spacial score (nSPS) is 15.5. The van der Waals surface area contributed by atoms with Crippen LogP contribution in [0.3, 0.4) is 0 Å². The molecule has 0 radical (unpaired) electrons. The highest BCUT2D eigenvalue weighted by molar-refractivity contribution is 7.98. The van der Waals surface area contributed by atoms with Crippen molar-refractivity contribution in [2.24, 2.45) is 0 Å². The van der Waals surface area contributed by atoms with Crippen LogP contribution < -0.4 is 5.32 Å². The lowest BCUT2D eigenvalue weighted by molar-refractivity contribution is 0.181. The molecule has 0 aliphatic carbocycles. The Morgan fingerprint density at radius 2 is 1.65 bits per heavy atom. The monoisotopic (exact) mass is 260 g/mol. The Bertz CT molecular complexity index is 174. The van der Waals surface area contributed by atoms with E-state index in [4.69, 9.17) is 0 Å². The van der Waals surface area contributed by atoms with Gasteiger partial charge in [-0.2, -0.15) is 11.8 Å². The molecule has 2 unspecified atom stereocenters. The average Bonchev–Trinajstić information content (AvgIpc) is 2.30. The lowest BCUT2D eigenvalue weighted by atomic mass is 10.1. The summed E-state index contributed by atoms with van der Waals surface area (Å²) in [5, 5.41) is 3.48. The molecule has 2 atom stereocenters. The highest BCUT2D eigenvalue weighted by Gasteiger charge is 2.14. The van der Waals surface area contributed by atoms with Gasteiger partial charge in [0.25, 0.3) is 0 Å². The van der Waals surface area contributed by atoms with Crippen LogP contribution in [-0.2, 0) is 0 Å². The van der Waals surface area contributed by atoms with Crippen LogP contribution in [0.4, 0.5) is 0 Å². The molecule has 0 saturated carbocycles. The molecule has 104 valence electrons. The van der Waals surface area contributed by atoms with Crippen LogP contribution in [-0.4, -0.2) is 48.6 Å². The summed E-state index contributed by atoms with van der Waals surface area (Å²) < 4.78 is 0. The summed E-state index contributed by atoms with van der Waals surface area (Å²) in [5.41, 5.74) is 0. The number of hydrogen-bond donors (Lipinski definition) is 1. The highest BCUT2D eigenvalue weighted by Crippen LogP contribution is 2.12. The Hall–Kier alpha value is 0.270. The quantitative estimate of drug-likeness (QED) is 0.607. The lowest BCUT2D eigenvalue weighted by Crippen LogP contribution is -2.37. The van der Waals surface area contributed by atoms with Crippen molar-refractivity contribution in [3.63, 3.8) is 0 Å². The zero-order valence-electron chi connectivity index (χ0n) is 12.6. The van der Waals surface area contributed by atoms with Gasteiger partial charge in [0, 0.05) is 18.1 Å². The molecule has 3 heteroatoms. The van der Waals surface area contributed by atoms with Gasteiger partial charge < -0.3 is 10.2 Å². The number of thioether (sulfide) groups is 1. The minimum absolute atomic E-state index is 0.614. The fraction of sp³-hybridized carbons (Fsp3) is 1.00. The van der Waals surface area contributed by atoms with Gasteiger partial charge in [0.15, 0.2) is 0 Å². The zero-order valence-corrected chi connectivity index (χ0v) is 13.4. The Balaban J connectivity index is 3.68. The second-order valence-corrected chi connectivity index (χ2v) is 6.38. The van der Waals surface area contributed by atoms with E-state index in [1.165, 1.54) is 25.0 Å². The van der Waals surface area contributed by atoms with Crippen molar-refractivity contribution < 1.29 is 0 Å². The molecule has 1 N–H and O–H groups in total. The van der Waals surface area contributed by atoms with Gasteiger partial charge >= 0.3 is 0 Å². The van der Waals surface area contributed by atoms with Crippen molar-refractivity contribution in [3.05, 3.63) is 0 Å². The molecule has 0 aromatic heterocycles. The number of hydrogen-bond acceptors (Lipinski definition) is 3. The number of nitrogens with one attached hydrogen (secondary N) is 1. The Morgan fingerprint density at radius 1 is 1.06 bits per heavy atom. The van der Waals surface area contributed by atoms with E-state index < -0.39 is 0 Å². The van der Waals surface area contributed by atoms with Gasteiger partial charge in [0.2, 0.25) is 0 Å². The van der Waals surface area contributed by atoms with Crippen molar-refractivity contribution in [2.75, 3.05) is 25.6 Å². The summed E-state index contributed by atoms with van der Waals surface area (Å²) in [5.74, 6) is 1.27. The molecule has 0 rings (SSSR count). The van der Waals surface area contributed by atoms with E-state index in [-0.39, 0.29) is 0 Å². The lowest BCUT2D eigenvalue weighted by Gasteiger charge is -2.31. The van der Waals surface area contributed by atoms with Gasteiger partial charge in [-0.3, -0.25) is 0 Å². The van der Waals surface area contributed by atoms with E-state index in [2.05, 4.69) is 51.2 Å². The Kier molecular flexibility index (Phi) is 10.4. The van der Waals surface area contributed by atoms with Crippen LogP contribution in [0.15, 0.2) is 0 Å². The van der Waals surface area contributed by atoms with Crippen LogP contribution in [0.2, 0.25) is 0 Å². The molecule has 0 saturated heterocycles. The van der Waals surface area contributed by atoms with Gasteiger partial charge in [0.05, 0.1) is 0 Å². The van der Waals surface area contributed by atoms with Crippen LogP contribution in [0.5, 0.6) is 0 Å². The zero-order chi connectivity index (χ0) is 13.3. The second-order valence-electron chi connectivity index (χ2n) is 5.40. The Morgan fingerprint density at radius 3 is 2.18 bits per heavy atom. The maximum Gasteiger partial charge on any atom is 0.00745 e. The van der Waals surface area contributed by atoms with Gasteiger partial charge in [0.1, 0.15) is 0 Å². The number of nitrogens with zero attached hydrogens (tertiary/aromatic N) is 1. The molecule has 0 heterocycles. The molecular formula is C14H32N2S. The summed E-state index contributed by atoms with van der Waals surface area (Å²) >= 11 is 1.95. The first-order valence-corrected chi connectivity index (χ1v) is 8.32. The summed E-state index contributed by atoms with van der Waals surface area (Å²) in [7, 11) is 2.27. The van der Waals surface area contributed by atoms with Crippen LogP contribution in [0.1, 0.15) is 47.0 Å². The molecule has 0 fully saturated rings. The molecule has 0 aromatic rings. The molecule has 0 bridgehead atoms. The molecule has 2 nitrogen and oxygen atoms in total. The second kappa shape index (κ2) is 10.2. The molecule has 0 amide bonds. The first-order chi connectivity index (χ1) is 7.99. The molecule has 0 aliphatic rings. The van der Waals surface area contributed by atoms with Crippen molar-refractivity contribution in [2.45, 2.75) is 65.1 Å². The van der Waals surface area contributed by atoms with E-state index in [0.717, 1.165) is 6.54 Å². The summed E-state index contributed by atoms with van der Waals surface area (Å²) in [6.45, 7) is 10.3. The molecule has 0 aromatic carbocycles. The molecule has 17 heavy (non-hydrogen) atoms. The van der Waals surface area contributed by atoms with Gasteiger partial charge in [-0.25, -0.2) is 0 Å². The molecule has 0 aliphatic heterocycles. The van der Waals surface area contributed by atoms with Crippen molar-refractivity contribution in [1.82, 2.24) is 10.2 Å². The molecular weight excluding hydrogens is 228 g/mol. The van der Waals surface area contributed by atoms with Gasteiger partial charge in [-0.05, 0) is 58.7 Å². The van der Waals surface area contributed by atoms with E-state index >= 15 is 0 Å². The van der Waals surface area contributed by atoms with Gasteiger partial charge in [-0.15, -0.1) is 0 Å². The highest BCUT2D eigenvalue weighted by atomic mass is 32.2. The minimum Gasteiger partial charge on any atom is -0.315 e. The number of rotatable bonds is 10. The summed E-state index contributed by atoms with van der Waals surface area (Å²) in [6, 6.07) is 2.01. The minimum atomic E-state index is 0.614.